The molecule has 0 amide bonds. The van der Waals surface area contributed by atoms with Crippen LogP contribution < -0.4 is 10.6 Å². The lowest BCUT2D eigenvalue weighted by Crippen LogP contribution is -2.44. The van der Waals surface area contributed by atoms with Gasteiger partial charge in [-0.2, -0.15) is 0 Å². The molecule has 2 aliphatic rings. The molecule has 2 N–H and O–H groups in total. The second-order valence-electron chi connectivity index (χ2n) is 6.00. The number of anilines is 1. The van der Waals surface area contributed by atoms with Gasteiger partial charge >= 0.3 is 0 Å². The Morgan fingerprint density at radius 1 is 1.15 bits per heavy atom. The SMILES string of the molecule is Fc1cccc(Cl)c1NC1CCCC1C1CCCCN1. The van der Waals surface area contributed by atoms with Gasteiger partial charge in [0.1, 0.15) is 5.82 Å². The van der Waals surface area contributed by atoms with Crippen molar-refractivity contribution in [2.24, 2.45) is 5.92 Å². The molecule has 3 unspecified atom stereocenters. The lowest BCUT2D eigenvalue weighted by atomic mass is 9.88. The van der Waals surface area contributed by atoms with E-state index in [1.165, 1.54) is 38.2 Å². The van der Waals surface area contributed by atoms with Crippen molar-refractivity contribution >= 4 is 17.3 Å². The second kappa shape index (κ2) is 6.31. The standard InChI is InChI=1S/C16H22ClFN2/c17-12-6-4-7-13(18)16(12)20-15-9-3-5-11(15)14-8-1-2-10-19-14/h4,6-7,11,14-15,19-20H,1-3,5,8-10H2. The fraction of sp³-hybridized carbons (Fsp3) is 0.625. The number of piperidine rings is 1. The summed E-state index contributed by atoms with van der Waals surface area (Å²) in [6.07, 6.45) is 7.37. The molecule has 20 heavy (non-hydrogen) atoms. The number of hydrogen-bond donors (Lipinski definition) is 2. The highest BCUT2D eigenvalue weighted by atomic mass is 35.5. The van der Waals surface area contributed by atoms with Gasteiger partial charge in [-0.3, -0.25) is 0 Å². The van der Waals surface area contributed by atoms with Crippen molar-refractivity contribution in [1.82, 2.24) is 5.32 Å². The Hall–Kier alpha value is -0.800. The van der Waals surface area contributed by atoms with Gasteiger partial charge in [0.05, 0.1) is 10.7 Å². The largest absolute Gasteiger partial charge is 0.378 e. The van der Waals surface area contributed by atoms with Crippen LogP contribution in [0.15, 0.2) is 18.2 Å². The van der Waals surface area contributed by atoms with Gasteiger partial charge in [-0.25, -0.2) is 4.39 Å². The monoisotopic (exact) mass is 296 g/mol. The molecule has 1 aromatic rings. The predicted octanol–water partition coefficient (Wildman–Crippen LogP) is 4.20. The zero-order valence-electron chi connectivity index (χ0n) is 11.7. The number of benzene rings is 1. The molecule has 2 nitrogen and oxygen atoms in total. The minimum atomic E-state index is -0.250. The van der Waals surface area contributed by atoms with E-state index in [2.05, 4.69) is 10.6 Å². The summed E-state index contributed by atoms with van der Waals surface area (Å²) in [5.41, 5.74) is 0.474. The summed E-state index contributed by atoms with van der Waals surface area (Å²) in [5, 5.41) is 7.50. The van der Waals surface area contributed by atoms with Gasteiger partial charge in [-0.05, 0) is 50.3 Å². The molecule has 1 aliphatic carbocycles. The quantitative estimate of drug-likeness (QED) is 0.873. The number of nitrogens with one attached hydrogen (secondary N) is 2. The summed E-state index contributed by atoms with van der Waals surface area (Å²) in [4.78, 5) is 0. The van der Waals surface area contributed by atoms with Crippen LogP contribution in [0.4, 0.5) is 10.1 Å². The average Bonchev–Trinajstić information content (AvgIpc) is 2.92. The van der Waals surface area contributed by atoms with Gasteiger partial charge in [-0.15, -0.1) is 0 Å². The van der Waals surface area contributed by atoms with Gasteiger partial charge in [-0.1, -0.05) is 30.5 Å². The maximum absolute atomic E-state index is 13.9. The second-order valence-corrected chi connectivity index (χ2v) is 6.41. The molecule has 4 heteroatoms. The van der Waals surface area contributed by atoms with Gasteiger partial charge in [0.15, 0.2) is 0 Å². The van der Waals surface area contributed by atoms with E-state index in [1.807, 2.05) is 0 Å². The van der Waals surface area contributed by atoms with Crippen LogP contribution in [0.5, 0.6) is 0 Å². The zero-order valence-corrected chi connectivity index (χ0v) is 12.4. The molecule has 1 saturated heterocycles. The molecule has 3 atom stereocenters. The Balaban J connectivity index is 1.72. The smallest absolute Gasteiger partial charge is 0.147 e. The Labute approximate surface area is 125 Å². The minimum Gasteiger partial charge on any atom is -0.378 e. The van der Waals surface area contributed by atoms with Crippen LogP contribution in [0.3, 0.4) is 0 Å². The van der Waals surface area contributed by atoms with Crippen molar-refractivity contribution in [3.63, 3.8) is 0 Å². The van der Waals surface area contributed by atoms with Crippen molar-refractivity contribution in [3.05, 3.63) is 29.0 Å². The minimum absolute atomic E-state index is 0.250. The summed E-state index contributed by atoms with van der Waals surface area (Å²) in [6, 6.07) is 5.78. The van der Waals surface area contributed by atoms with Gasteiger partial charge in [0.2, 0.25) is 0 Å². The van der Waals surface area contributed by atoms with E-state index in [4.69, 9.17) is 11.6 Å². The number of hydrogen-bond acceptors (Lipinski definition) is 2. The van der Waals surface area contributed by atoms with Crippen LogP contribution >= 0.6 is 11.6 Å². The fourth-order valence-corrected chi connectivity index (χ4v) is 3.93. The van der Waals surface area contributed by atoms with Crippen LogP contribution in [-0.2, 0) is 0 Å². The van der Waals surface area contributed by atoms with Crippen molar-refractivity contribution in [2.45, 2.75) is 50.6 Å². The molecule has 1 aromatic carbocycles. The van der Waals surface area contributed by atoms with Crippen LogP contribution in [0.1, 0.15) is 38.5 Å². The topological polar surface area (TPSA) is 24.1 Å². The summed E-state index contributed by atoms with van der Waals surface area (Å²) in [7, 11) is 0. The van der Waals surface area contributed by atoms with E-state index in [1.54, 1.807) is 12.1 Å². The highest BCUT2D eigenvalue weighted by Crippen LogP contribution is 2.35. The van der Waals surface area contributed by atoms with E-state index in [9.17, 15) is 4.39 Å². The molecular weight excluding hydrogens is 275 g/mol. The fourth-order valence-electron chi connectivity index (χ4n) is 3.71. The van der Waals surface area contributed by atoms with E-state index >= 15 is 0 Å². The molecule has 1 aliphatic heterocycles. The Kier molecular flexibility index (Phi) is 4.47. The molecule has 1 saturated carbocycles. The molecular formula is C16H22ClFN2. The highest BCUT2D eigenvalue weighted by Gasteiger charge is 2.34. The first-order valence-corrected chi connectivity index (χ1v) is 8.07. The third-order valence-corrected chi connectivity index (χ3v) is 5.04. The molecule has 3 rings (SSSR count). The van der Waals surface area contributed by atoms with Crippen molar-refractivity contribution in [2.75, 3.05) is 11.9 Å². The third kappa shape index (κ3) is 2.94. The third-order valence-electron chi connectivity index (χ3n) is 4.73. The van der Waals surface area contributed by atoms with Gasteiger partial charge in [0, 0.05) is 12.1 Å². The zero-order chi connectivity index (χ0) is 13.9. The van der Waals surface area contributed by atoms with Gasteiger partial charge < -0.3 is 10.6 Å². The number of rotatable bonds is 3. The van der Waals surface area contributed by atoms with Crippen LogP contribution in [-0.4, -0.2) is 18.6 Å². The average molecular weight is 297 g/mol. The van der Waals surface area contributed by atoms with E-state index in [0.29, 0.717) is 28.7 Å². The van der Waals surface area contributed by atoms with Crippen LogP contribution in [0.2, 0.25) is 5.02 Å². The maximum Gasteiger partial charge on any atom is 0.147 e. The summed E-state index contributed by atoms with van der Waals surface area (Å²) in [6.45, 7) is 1.12. The van der Waals surface area contributed by atoms with Crippen molar-refractivity contribution in [1.29, 1.82) is 0 Å². The molecule has 1 heterocycles. The highest BCUT2D eigenvalue weighted by molar-refractivity contribution is 6.33. The molecule has 0 aromatic heterocycles. The van der Waals surface area contributed by atoms with E-state index in [-0.39, 0.29) is 5.82 Å². The Morgan fingerprint density at radius 3 is 2.80 bits per heavy atom. The predicted molar refractivity (Wildman–Crippen MR) is 81.8 cm³/mol. The lowest BCUT2D eigenvalue weighted by Gasteiger charge is -2.33. The van der Waals surface area contributed by atoms with Crippen LogP contribution in [0.25, 0.3) is 0 Å². The molecule has 0 bridgehead atoms. The van der Waals surface area contributed by atoms with E-state index < -0.39 is 0 Å². The Bertz CT molecular complexity index is 440. The molecule has 0 radical (unpaired) electrons. The van der Waals surface area contributed by atoms with Crippen LogP contribution in [0, 0.1) is 11.7 Å². The van der Waals surface area contributed by atoms with Gasteiger partial charge in [0.25, 0.3) is 0 Å². The summed E-state index contributed by atoms with van der Waals surface area (Å²) >= 11 is 6.12. The molecule has 110 valence electrons. The number of para-hydroxylation sites is 1. The number of halogens is 2. The van der Waals surface area contributed by atoms with E-state index in [0.717, 1.165) is 13.0 Å². The summed E-state index contributed by atoms with van der Waals surface area (Å²) < 4.78 is 13.9. The first-order chi connectivity index (χ1) is 9.75. The lowest BCUT2D eigenvalue weighted by molar-refractivity contribution is 0.286. The normalized spacial score (nSPS) is 30.4. The molecule has 2 fully saturated rings. The van der Waals surface area contributed by atoms with Crippen molar-refractivity contribution < 1.29 is 4.39 Å². The first-order valence-electron chi connectivity index (χ1n) is 7.69. The summed E-state index contributed by atoms with van der Waals surface area (Å²) in [5.74, 6) is 0.339. The maximum atomic E-state index is 13.9. The molecule has 0 spiro atoms. The first kappa shape index (κ1) is 14.2. The van der Waals surface area contributed by atoms with Crippen molar-refractivity contribution in [3.8, 4) is 0 Å². The Morgan fingerprint density at radius 2 is 2.05 bits per heavy atom.